The van der Waals surface area contributed by atoms with Crippen LogP contribution in [0, 0.1) is 5.82 Å². The van der Waals surface area contributed by atoms with Crippen LogP contribution in [-0.2, 0) is 0 Å². The average Bonchev–Trinajstić information content (AvgIpc) is 2.49. The summed E-state index contributed by atoms with van der Waals surface area (Å²) in [6, 6.07) is 5.16. The maximum Gasteiger partial charge on any atom is 0.165 e. The fourth-order valence-corrected chi connectivity index (χ4v) is 2.82. The Kier molecular flexibility index (Phi) is 7.96. The maximum absolute atomic E-state index is 13.9. The summed E-state index contributed by atoms with van der Waals surface area (Å²) in [6.07, 6.45) is 1.50. The highest BCUT2D eigenvalue weighted by molar-refractivity contribution is 5.85. The number of nitrogens with zero attached hydrogens (tertiary/aromatic N) is 1. The predicted molar refractivity (Wildman–Crippen MR) is 83.7 cm³/mol. The molecule has 120 valence electrons. The highest BCUT2D eigenvalue weighted by atomic mass is 35.5. The number of rotatable bonds is 6. The van der Waals surface area contributed by atoms with E-state index in [0.717, 1.165) is 38.2 Å². The van der Waals surface area contributed by atoms with Gasteiger partial charge in [0.15, 0.2) is 11.6 Å². The molecule has 1 heterocycles. The lowest BCUT2D eigenvalue weighted by atomic mass is 9.98. The lowest BCUT2D eigenvalue weighted by Crippen LogP contribution is -2.45. The molecule has 0 spiro atoms. The molecule has 1 atom stereocenters. The molecule has 0 amide bonds. The van der Waals surface area contributed by atoms with Crippen molar-refractivity contribution in [3.8, 4) is 5.75 Å². The van der Waals surface area contributed by atoms with Crippen molar-refractivity contribution in [1.29, 1.82) is 0 Å². The second-order valence-electron chi connectivity index (χ2n) is 5.03. The summed E-state index contributed by atoms with van der Waals surface area (Å²) in [6.45, 7) is 3.88. The van der Waals surface area contributed by atoms with Gasteiger partial charge in [-0.2, -0.15) is 0 Å². The van der Waals surface area contributed by atoms with Crippen molar-refractivity contribution in [2.24, 2.45) is 0 Å². The smallest absolute Gasteiger partial charge is 0.165 e. The Labute approximate surface area is 131 Å². The SMILES string of the molecule is COc1c(F)cccc1[C@H](CCCO)N1CCNCC1.Cl. The summed E-state index contributed by atoms with van der Waals surface area (Å²) in [5.74, 6) is 0.00288. The zero-order valence-corrected chi connectivity index (χ0v) is 13.2. The molecule has 1 fully saturated rings. The van der Waals surface area contributed by atoms with Crippen molar-refractivity contribution in [3.63, 3.8) is 0 Å². The summed E-state index contributed by atoms with van der Waals surface area (Å²) < 4.78 is 19.1. The molecule has 1 aliphatic heterocycles. The molecule has 0 aromatic heterocycles. The number of methoxy groups -OCH3 is 1. The molecule has 1 aliphatic rings. The molecule has 0 aliphatic carbocycles. The molecule has 2 N–H and O–H groups in total. The molecule has 2 rings (SSSR count). The van der Waals surface area contributed by atoms with Gasteiger partial charge in [0.25, 0.3) is 0 Å². The minimum atomic E-state index is -0.325. The highest BCUT2D eigenvalue weighted by Crippen LogP contribution is 2.34. The number of para-hydroxylation sites is 1. The number of halogens is 2. The van der Waals surface area contributed by atoms with Gasteiger partial charge >= 0.3 is 0 Å². The first kappa shape index (κ1) is 18.2. The largest absolute Gasteiger partial charge is 0.493 e. The van der Waals surface area contributed by atoms with Crippen LogP contribution < -0.4 is 10.1 Å². The van der Waals surface area contributed by atoms with E-state index in [1.165, 1.54) is 13.2 Å². The summed E-state index contributed by atoms with van der Waals surface area (Å²) in [5.41, 5.74) is 0.878. The van der Waals surface area contributed by atoms with Gasteiger partial charge in [-0.05, 0) is 18.9 Å². The van der Waals surface area contributed by atoms with Crippen LogP contribution in [0.5, 0.6) is 5.75 Å². The Bertz CT molecular complexity index is 428. The minimum absolute atomic E-state index is 0. The molecule has 0 saturated carbocycles. The van der Waals surface area contributed by atoms with Crippen LogP contribution in [0.25, 0.3) is 0 Å². The normalized spacial score (nSPS) is 17.1. The Morgan fingerprint density at radius 1 is 1.38 bits per heavy atom. The number of piperazine rings is 1. The quantitative estimate of drug-likeness (QED) is 0.842. The molecule has 21 heavy (non-hydrogen) atoms. The van der Waals surface area contributed by atoms with Gasteiger partial charge in [-0.25, -0.2) is 4.39 Å². The van der Waals surface area contributed by atoms with E-state index in [1.807, 2.05) is 6.07 Å². The predicted octanol–water partition coefficient (Wildman–Crippen LogP) is 1.97. The summed E-state index contributed by atoms with van der Waals surface area (Å²) in [5, 5.41) is 12.4. The van der Waals surface area contributed by atoms with Crippen LogP contribution in [0.3, 0.4) is 0 Å². The van der Waals surface area contributed by atoms with Crippen LogP contribution >= 0.6 is 12.4 Å². The number of ether oxygens (including phenoxy) is 1. The number of benzene rings is 1. The number of nitrogens with one attached hydrogen (secondary N) is 1. The van der Waals surface area contributed by atoms with Crippen molar-refractivity contribution in [3.05, 3.63) is 29.6 Å². The van der Waals surface area contributed by atoms with Crippen LogP contribution in [0.4, 0.5) is 4.39 Å². The molecule has 1 aromatic carbocycles. The number of hydrogen-bond donors (Lipinski definition) is 2. The first-order valence-corrected chi connectivity index (χ1v) is 7.16. The third kappa shape index (κ3) is 4.54. The van der Waals surface area contributed by atoms with Crippen LogP contribution in [0.1, 0.15) is 24.4 Å². The summed E-state index contributed by atoms with van der Waals surface area (Å²) in [4.78, 5) is 2.34. The molecule has 0 bridgehead atoms. The monoisotopic (exact) mass is 318 g/mol. The Hall–Kier alpha value is -0.880. The summed E-state index contributed by atoms with van der Waals surface area (Å²) >= 11 is 0. The molecule has 0 unspecified atom stereocenters. The zero-order valence-electron chi connectivity index (χ0n) is 12.3. The molecular weight excluding hydrogens is 295 g/mol. The van der Waals surface area contributed by atoms with Gasteiger partial charge in [0, 0.05) is 44.4 Å². The van der Waals surface area contributed by atoms with E-state index in [-0.39, 0.29) is 30.9 Å². The standard InChI is InChI=1S/C15H23FN2O2.ClH/c1-20-15-12(4-2-5-13(15)16)14(6-3-11-19)18-9-7-17-8-10-18;/h2,4-5,14,17,19H,3,6-11H2,1H3;1H/t14-;/m0./s1. The maximum atomic E-state index is 13.9. The Balaban J connectivity index is 0.00000220. The van der Waals surface area contributed by atoms with Crippen molar-refractivity contribution >= 4 is 12.4 Å². The first-order chi connectivity index (χ1) is 9.77. The number of aliphatic hydroxyl groups is 1. The molecule has 1 aromatic rings. The lowest BCUT2D eigenvalue weighted by molar-refractivity contribution is 0.151. The third-order valence-electron chi connectivity index (χ3n) is 3.79. The second-order valence-corrected chi connectivity index (χ2v) is 5.03. The van der Waals surface area contributed by atoms with E-state index in [2.05, 4.69) is 10.2 Å². The fourth-order valence-electron chi connectivity index (χ4n) is 2.82. The van der Waals surface area contributed by atoms with E-state index in [4.69, 9.17) is 9.84 Å². The first-order valence-electron chi connectivity index (χ1n) is 7.16. The van der Waals surface area contributed by atoms with Gasteiger partial charge in [0.05, 0.1) is 7.11 Å². The van der Waals surface area contributed by atoms with Crippen molar-refractivity contribution < 1.29 is 14.2 Å². The van der Waals surface area contributed by atoms with E-state index >= 15 is 0 Å². The number of hydrogen-bond acceptors (Lipinski definition) is 4. The van der Waals surface area contributed by atoms with Gasteiger partial charge < -0.3 is 15.2 Å². The van der Waals surface area contributed by atoms with E-state index in [0.29, 0.717) is 12.2 Å². The number of aliphatic hydroxyl groups excluding tert-OH is 1. The second kappa shape index (κ2) is 9.20. The third-order valence-corrected chi connectivity index (χ3v) is 3.79. The van der Waals surface area contributed by atoms with Gasteiger partial charge in [0.2, 0.25) is 0 Å². The van der Waals surface area contributed by atoms with Crippen LogP contribution in [-0.4, -0.2) is 49.9 Å². The van der Waals surface area contributed by atoms with Crippen molar-refractivity contribution in [1.82, 2.24) is 10.2 Å². The van der Waals surface area contributed by atoms with Gasteiger partial charge in [-0.15, -0.1) is 12.4 Å². The molecule has 6 heteroatoms. The van der Waals surface area contributed by atoms with Gasteiger partial charge in [-0.3, -0.25) is 4.90 Å². The van der Waals surface area contributed by atoms with Gasteiger partial charge in [-0.1, -0.05) is 12.1 Å². The molecule has 1 saturated heterocycles. The van der Waals surface area contributed by atoms with Crippen LogP contribution in [0.2, 0.25) is 0 Å². The molecule has 0 radical (unpaired) electrons. The zero-order chi connectivity index (χ0) is 14.4. The van der Waals surface area contributed by atoms with E-state index < -0.39 is 0 Å². The Morgan fingerprint density at radius 3 is 2.71 bits per heavy atom. The van der Waals surface area contributed by atoms with E-state index in [1.54, 1.807) is 6.07 Å². The molecular formula is C15H24ClFN2O2. The van der Waals surface area contributed by atoms with Crippen molar-refractivity contribution in [2.75, 3.05) is 39.9 Å². The van der Waals surface area contributed by atoms with Gasteiger partial charge in [0.1, 0.15) is 0 Å². The average molecular weight is 319 g/mol. The van der Waals surface area contributed by atoms with Crippen LogP contribution in [0.15, 0.2) is 18.2 Å². The summed E-state index contributed by atoms with van der Waals surface area (Å²) in [7, 11) is 1.50. The fraction of sp³-hybridized carbons (Fsp3) is 0.600. The highest BCUT2D eigenvalue weighted by Gasteiger charge is 2.25. The van der Waals surface area contributed by atoms with E-state index in [9.17, 15) is 4.39 Å². The topological polar surface area (TPSA) is 44.7 Å². The Morgan fingerprint density at radius 2 is 2.10 bits per heavy atom. The molecule has 4 nitrogen and oxygen atoms in total. The lowest BCUT2D eigenvalue weighted by Gasteiger charge is -2.35. The van der Waals surface area contributed by atoms with Crippen molar-refractivity contribution in [2.45, 2.75) is 18.9 Å². The minimum Gasteiger partial charge on any atom is -0.493 e.